The molecule has 1 aromatic rings. The molecule has 2 rings (SSSR count). The number of rotatable bonds is 7. The number of amides is 1. The number of para-hydroxylation sites is 1. The largest absolute Gasteiger partial charge is 0.493 e. The lowest BCUT2D eigenvalue weighted by atomic mass is 10.1. The van der Waals surface area contributed by atoms with Crippen LogP contribution in [0.2, 0.25) is 0 Å². The van der Waals surface area contributed by atoms with Crippen LogP contribution in [-0.2, 0) is 4.79 Å². The van der Waals surface area contributed by atoms with Crippen LogP contribution < -0.4 is 14.8 Å². The minimum absolute atomic E-state index is 0.0840. The van der Waals surface area contributed by atoms with E-state index in [1.165, 1.54) is 25.3 Å². The Hall–Kier alpha value is -2.11. The average Bonchev–Trinajstić information content (AvgIpc) is 3.30. The van der Waals surface area contributed by atoms with Crippen LogP contribution in [0, 0.1) is 5.92 Å². The maximum atomic E-state index is 12.5. The maximum Gasteiger partial charge on any atom is 0.387 e. The third-order valence-electron chi connectivity index (χ3n) is 3.55. The van der Waals surface area contributed by atoms with Crippen molar-refractivity contribution in [1.29, 1.82) is 0 Å². The van der Waals surface area contributed by atoms with Crippen LogP contribution in [0.5, 0.6) is 11.5 Å². The van der Waals surface area contributed by atoms with E-state index in [1.54, 1.807) is 12.1 Å². The Morgan fingerprint density at radius 3 is 2.73 bits per heavy atom. The summed E-state index contributed by atoms with van der Waals surface area (Å²) in [5.41, 5.74) is 0.355. The number of methoxy groups -OCH3 is 1. The summed E-state index contributed by atoms with van der Waals surface area (Å²) < 4.78 is 34.5. The fraction of sp³-hybridized carbons (Fsp3) is 0.438. The minimum Gasteiger partial charge on any atom is -0.493 e. The van der Waals surface area contributed by atoms with Crippen molar-refractivity contribution < 1.29 is 23.0 Å². The average molecular weight is 311 g/mol. The van der Waals surface area contributed by atoms with Crippen molar-refractivity contribution in [3.63, 3.8) is 0 Å². The van der Waals surface area contributed by atoms with Gasteiger partial charge in [0.1, 0.15) is 0 Å². The van der Waals surface area contributed by atoms with Crippen LogP contribution in [-0.4, -0.2) is 25.7 Å². The number of ether oxygens (including phenoxy) is 2. The lowest BCUT2D eigenvalue weighted by Crippen LogP contribution is -2.32. The van der Waals surface area contributed by atoms with E-state index in [2.05, 4.69) is 10.1 Å². The predicted molar refractivity (Wildman–Crippen MR) is 79.0 cm³/mol. The molecule has 1 N–H and O–H groups in total. The summed E-state index contributed by atoms with van der Waals surface area (Å²) in [4.78, 5) is 11.8. The van der Waals surface area contributed by atoms with Gasteiger partial charge >= 0.3 is 6.61 Å². The van der Waals surface area contributed by atoms with Gasteiger partial charge in [-0.25, -0.2) is 0 Å². The van der Waals surface area contributed by atoms with Crippen molar-refractivity contribution in [3.8, 4) is 11.5 Å². The van der Waals surface area contributed by atoms with E-state index in [1.807, 2.05) is 6.92 Å². The number of nitrogens with one attached hydrogen (secondary N) is 1. The molecule has 0 bridgehead atoms. The lowest BCUT2D eigenvalue weighted by Gasteiger charge is -2.13. The lowest BCUT2D eigenvalue weighted by molar-refractivity contribution is -0.117. The zero-order chi connectivity index (χ0) is 16.1. The molecular weight excluding hydrogens is 292 g/mol. The third kappa shape index (κ3) is 4.44. The highest BCUT2D eigenvalue weighted by Gasteiger charge is 2.28. The van der Waals surface area contributed by atoms with Crippen LogP contribution in [0.25, 0.3) is 6.08 Å². The van der Waals surface area contributed by atoms with Gasteiger partial charge < -0.3 is 14.8 Å². The molecule has 0 spiro atoms. The van der Waals surface area contributed by atoms with Gasteiger partial charge in [-0.2, -0.15) is 8.78 Å². The zero-order valence-corrected chi connectivity index (χ0v) is 12.5. The van der Waals surface area contributed by atoms with Gasteiger partial charge in [-0.15, -0.1) is 0 Å². The molecule has 22 heavy (non-hydrogen) atoms. The van der Waals surface area contributed by atoms with Gasteiger partial charge in [0.25, 0.3) is 0 Å². The van der Waals surface area contributed by atoms with Gasteiger partial charge in [0.05, 0.1) is 7.11 Å². The number of hydrogen-bond acceptors (Lipinski definition) is 3. The van der Waals surface area contributed by atoms with E-state index >= 15 is 0 Å². The summed E-state index contributed by atoms with van der Waals surface area (Å²) in [5.74, 6) is 0.394. The smallest absolute Gasteiger partial charge is 0.387 e. The SMILES string of the molecule is COc1cccc(C=CC(=O)NC(C)C2CC2)c1OC(F)F. The quantitative estimate of drug-likeness (QED) is 0.787. The maximum absolute atomic E-state index is 12.5. The number of alkyl halides is 2. The number of benzene rings is 1. The van der Waals surface area contributed by atoms with Crippen molar-refractivity contribution in [3.05, 3.63) is 29.8 Å². The first-order valence-electron chi connectivity index (χ1n) is 7.11. The molecule has 0 aromatic heterocycles. The molecule has 1 aromatic carbocycles. The Morgan fingerprint density at radius 1 is 1.41 bits per heavy atom. The summed E-state index contributed by atoms with van der Waals surface area (Å²) in [5, 5.41) is 2.85. The molecule has 1 saturated carbocycles. The first-order valence-corrected chi connectivity index (χ1v) is 7.11. The van der Waals surface area contributed by atoms with Gasteiger partial charge in [-0.1, -0.05) is 12.1 Å². The summed E-state index contributed by atoms with van der Waals surface area (Å²) in [6, 6.07) is 4.86. The Morgan fingerprint density at radius 2 is 2.14 bits per heavy atom. The summed E-state index contributed by atoms with van der Waals surface area (Å²) in [7, 11) is 1.37. The number of carbonyl (C=O) groups is 1. The first kappa shape index (κ1) is 16.3. The first-order chi connectivity index (χ1) is 10.5. The number of carbonyl (C=O) groups excluding carboxylic acids is 1. The van der Waals surface area contributed by atoms with Crippen molar-refractivity contribution in [2.45, 2.75) is 32.4 Å². The minimum atomic E-state index is -2.97. The van der Waals surface area contributed by atoms with Crippen molar-refractivity contribution >= 4 is 12.0 Å². The normalized spacial score (nSPS) is 15.9. The van der Waals surface area contributed by atoms with Gasteiger partial charge in [-0.05, 0) is 37.8 Å². The van der Waals surface area contributed by atoms with Crippen molar-refractivity contribution in [2.75, 3.05) is 7.11 Å². The molecule has 6 heteroatoms. The number of halogens is 2. The van der Waals surface area contributed by atoms with E-state index in [-0.39, 0.29) is 23.4 Å². The van der Waals surface area contributed by atoms with Crippen LogP contribution in [0.3, 0.4) is 0 Å². The Balaban J connectivity index is 2.09. The number of hydrogen-bond donors (Lipinski definition) is 1. The van der Waals surface area contributed by atoms with Crippen LogP contribution in [0.1, 0.15) is 25.3 Å². The van der Waals surface area contributed by atoms with Gasteiger partial charge in [0, 0.05) is 17.7 Å². The fourth-order valence-electron chi connectivity index (χ4n) is 2.19. The zero-order valence-electron chi connectivity index (χ0n) is 12.5. The molecule has 4 nitrogen and oxygen atoms in total. The third-order valence-corrected chi connectivity index (χ3v) is 3.55. The van der Waals surface area contributed by atoms with Gasteiger partial charge in [0.2, 0.25) is 5.91 Å². The molecule has 1 fully saturated rings. The highest BCUT2D eigenvalue weighted by Crippen LogP contribution is 2.33. The van der Waals surface area contributed by atoms with E-state index < -0.39 is 6.61 Å². The Kier molecular flexibility index (Phi) is 5.35. The van der Waals surface area contributed by atoms with E-state index in [9.17, 15) is 13.6 Å². The predicted octanol–water partition coefficient (Wildman–Crippen LogP) is 3.22. The molecule has 1 aliphatic rings. The molecule has 1 atom stereocenters. The van der Waals surface area contributed by atoms with Crippen LogP contribution in [0.15, 0.2) is 24.3 Å². The Bertz CT molecular complexity index is 556. The van der Waals surface area contributed by atoms with Crippen LogP contribution >= 0.6 is 0 Å². The summed E-state index contributed by atoms with van der Waals surface area (Å²) in [6.07, 6.45) is 5.02. The second kappa shape index (κ2) is 7.24. The molecule has 1 amide bonds. The summed E-state index contributed by atoms with van der Waals surface area (Å²) in [6.45, 7) is -1.01. The molecule has 0 saturated heterocycles. The molecule has 1 unspecified atom stereocenters. The van der Waals surface area contributed by atoms with E-state index in [0.717, 1.165) is 12.8 Å². The van der Waals surface area contributed by atoms with Crippen molar-refractivity contribution in [1.82, 2.24) is 5.32 Å². The molecule has 0 aliphatic heterocycles. The highest BCUT2D eigenvalue weighted by molar-refractivity contribution is 5.92. The standard InChI is InChI=1S/C16H19F2NO3/c1-10(11-6-7-11)19-14(20)9-8-12-4-3-5-13(21-2)15(12)22-16(17)18/h3-5,8-11,16H,6-7H2,1-2H3,(H,19,20). The molecule has 0 radical (unpaired) electrons. The molecule has 1 aliphatic carbocycles. The molecule has 0 heterocycles. The molecule has 120 valence electrons. The van der Waals surface area contributed by atoms with E-state index in [0.29, 0.717) is 11.5 Å². The Labute approximate surface area is 128 Å². The highest BCUT2D eigenvalue weighted by atomic mass is 19.3. The van der Waals surface area contributed by atoms with Gasteiger partial charge in [-0.3, -0.25) is 4.79 Å². The van der Waals surface area contributed by atoms with Crippen molar-refractivity contribution in [2.24, 2.45) is 5.92 Å². The van der Waals surface area contributed by atoms with Gasteiger partial charge in [0.15, 0.2) is 11.5 Å². The fourth-order valence-corrected chi connectivity index (χ4v) is 2.19. The second-order valence-electron chi connectivity index (χ2n) is 5.23. The van der Waals surface area contributed by atoms with Crippen LogP contribution in [0.4, 0.5) is 8.78 Å². The topological polar surface area (TPSA) is 47.6 Å². The molecular formula is C16H19F2NO3. The second-order valence-corrected chi connectivity index (χ2v) is 5.23. The summed E-state index contributed by atoms with van der Waals surface area (Å²) >= 11 is 0. The van der Waals surface area contributed by atoms with E-state index in [4.69, 9.17) is 4.74 Å². The monoisotopic (exact) mass is 311 g/mol.